The van der Waals surface area contributed by atoms with Crippen molar-refractivity contribution in [2.45, 2.75) is 76.6 Å². The molecule has 0 atom stereocenters. The minimum Gasteiger partial charge on any atom is -0.399 e. The summed E-state index contributed by atoms with van der Waals surface area (Å²) < 4.78 is 26.3. The first-order valence-corrected chi connectivity index (χ1v) is 8.53. The van der Waals surface area contributed by atoms with Crippen molar-refractivity contribution in [2.24, 2.45) is 0 Å². The van der Waals surface area contributed by atoms with Crippen molar-refractivity contribution in [1.82, 2.24) is 0 Å². The third-order valence-corrected chi connectivity index (χ3v) is 5.70. The number of aliphatic hydroxyl groups excluding tert-OH is 1. The highest BCUT2D eigenvalue weighted by Gasteiger charge is 2.52. The standard InChI is InChI=1S/C18H26BFO3/c1-17(2)18(3,4)23-19(22-17)15-11-13(7-10-16(15)20)12-5-8-14(21)9-6-12/h7,10-12,14,21H,5-6,8-9H2,1-4H3. The first kappa shape index (κ1) is 16.9. The second kappa shape index (κ2) is 5.87. The number of rotatable bonds is 2. The maximum absolute atomic E-state index is 14.4. The molecule has 1 aliphatic carbocycles. The van der Waals surface area contributed by atoms with Crippen LogP contribution in [0.3, 0.4) is 0 Å². The van der Waals surface area contributed by atoms with Crippen LogP contribution in [0.5, 0.6) is 0 Å². The van der Waals surface area contributed by atoms with E-state index in [0.717, 1.165) is 31.2 Å². The number of benzene rings is 1. The highest BCUT2D eigenvalue weighted by atomic mass is 19.1. The Bertz CT molecular complexity index is 564. The predicted octanol–water partition coefficient (Wildman–Crippen LogP) is 3.14. The van der Waals surface area contributed by atoms with Crippen molar-refractivity contribution in [3.8, 4) is 0 Å². The van der Waals surface area contributed by atoms with Crippen molar-refractivity contribution in [3.05, 3.63) is 29.6 Å². The van der Waals surface area contributed by atoms with E-state index in [1.54, 1.807) is 0 Å². The Balaban J connectivity index is 1.85. The van der Waals surface area contributed by atoms with Crippen LogP contribution in [0.25, 0.3) is 0 Å². The molecular formula is C18H26BFO3. The monoisotopic (exact) mass is 320 g/mol. The van der Waals surface area contributed by atoms with E-state index in [-0.39, 0.29) is 11.9 Å². The molecule has 0 bridgehead atoms. The van der Waals surface area contributed by atoms with Crippen LogP contribution < -0.4 is 5.46 Å². The third kappa shape index (κ3) is 3.19. The largest absolute Gasteiger partial charge is 0.497 e. The number of hydrogen-bond donors (Lipinski definition) is 1. The van der Waals surface area contributed by atoms with Crippen LogP contribution in [-0.2, 0) is 9.31 Å². The molecule has 2 fully saturated rings. The van der Waals surface area contributed by atoms with Gasteiger partial charge < -0.3 is 14.4 Å². The fraction of sp³-hybridized carbons (Fsp3) is 0.667. The average Bonchev–Trinajstić information content (AvgIpc) is 2.69. The SMILES string of the molecule is CC1(C)OB(c2cc(C3CCC(O)CC3)ccc2F)OC1(C)C. The van der Waals surface area contributed by atoms with Gasteiger partial charge in [-0.2, -0.15) is 0 Å². The minimum atomic E-state index is -0.672. The molecule has 0 unspecified atom stereocenters. The van der Waals surface area contributed by atoms with Crippen LogP contribution in [0.2, 0.25) is 0 Å². The van der Waals surface area contributed by atoms with E-state index in [2.05, 4.69) is 0 Å². The Labute approximate surface area is 138 Å². The molecule has 0 aromatic heterocycles. The zero-order valence-corrected chi connectivity index (χ0v) is 14.4. The highest BCUT2D eigenvalue weighted by molar-refractivity contribution is 6.62. The lowest BCUT2D eigenvalue weighted by Crippen LogP contribution is -2.41. The van der Waals surface area contributed by atoms with Gasteiger partial charge in [-0.15, -0.1) is 0 Å². The second-order valence-electron chi connectivity index (χ2n) is 7.87. The zero-order valence-electron chi connectivity index (χ0n) is 14.4. The van der Waals surface area contributed by atoms with Crippen molar-refractivity contribution in [3.63, 3.8) is 0 Å². The van der Waals surface area contributed by atoms with Gasteiger partial charge in [0.1, 0.15) is 5.82 Å². The summed E-state index contributed by atoms with van der Waals surface area (Å²) in [5, 5.41) is 9.66. The summed E-state index contributed by atoms with van der Waals surface area (Å²) in [6.45, 7) is 7.88. The summed E-state index contributed by atoms with van der Waals surface area (Å²) in [6.07, 6.45) is 3.32. The van der Waals surface area contributed by atoms with Crippen LogP contribution in [0.1, 0.15) is 64.9 Å². The molecule has 0 amide bonds. The lowest BCUT2D eigenvalue weighted by Gasteiger charge is -2.32. The van der Waals surface area contributed by atoms with Crippen LogP contribution in [0.15, 0.2) is 18.2 Å². The molecule has 1 N–H and O–H groups in total. The van der Waals surface area contributed by atoms with E-state index in [0.29, 0.717) is 11.4 Å². The van der Waals surface area contributed by atoms with Crippen molar-refractivity contribution < 1.29 is 18.8 Å². The molecule has 1 aliphatic heterocycles. The molecule has 2 aliphatic rings. The lowest BCUT2D eigenvalue weighted by molar-refractivity contribution is 0.00578. The Morgan fingerprint density at radius 3 is 2.17 bits per heavy atom. The fourth-order valence-corrected chi connectivity index (χ4v) is 3.38. The normalized spacial score (nSPS) is 29.7. The molecule has 0 radical (unpaired) electrons. The Hall–Kier alpha value is -0.905. The molecule has 1 saturated carbocycles. The molecule has 1 saturated heterocycles. The van der Waals surface area contributed by atoms with Gasteiger partial charge in [-0.25, -0.2) is 4.39 Å². The van der Waals surface area contributed by atoms with Gasteiger partial charge in [-0.05, 0) is 70.9 Å². The Morgan fingerprint density at radius 2 is 1.61 bits per heavy atom. The molecule has 1 aromatic carbocycles. The molecule has 0 spiro atoms. The van der Waals surface area contributed by atoms with Gasteiger partial charge in [0.15, 0.2) is 0 Å². The first-order chi connectivity index (χ1) is 10.7. The van der Waals surface area contributed by atoms with E-state index in [1.807, 2.05) is 39.8 Å². The van der Waals surface area contributed by atoms with Crippen molar-refractivity contribution >= 4 is 12.6 Å². The summed E-state index contributed by atoms with van der Waals surface area (Å²) in [6, 6.07) is 5.26. The van der Waals surface area contributed by atoms with Gasteiger partial charge in [-0.3, -0.25) is 0 Å². The molecule has 1 heterocycles. The van der Waals surface area contributed by atoms with E-state index in [1.165, 1.54) is 6.07 Å². The van der Waals surface area contributed by atoms with Gasteiger partial charge in [0.25, 0.3) is 0 Å². The highest BCUT2D eigenvalue weighted by Crippen LogP contribution is 2.37. The third-order valence-electron chi connectivity index (χ3n) is 5.70. The minimum absolute atomic E-state index is 0.186. The van der Waals surface area contributed by atoms with E-state index >= 15 is 0 Å². The molecule has 5 heteroatoms. The summed E-state index contributed by atoms with van der Waals surface area (Å²) in [5.74, 6) is 0.0864. The zero-order chi connectivity index (χ0) is 16.8. The quantitative estimate of drug-likeness (QED) is 0.851. The molecular weight excluding hydrogens is 294 g/mol. The van der Waals surface area contributed by atoms with Crippen LogP contribution in [-0.4, -0.2) is 29.5 Å². The summed E-state index contributed by atoms with van der Waals surface area (Å²) in [4.78, 5) is 0. The second-order valence-corrected chi connectivity index (χ2v) is 7.87. The molecule has 3 nitrogen and oxygen atoms in total. The predicted molar refractivity (Wildman–Crippen MR) is 89.3 cm³/mol. The lowest BCUT2D eigenvalue weighted by atomic mass is 9.75. The molecule has 23 heavy (non-hydrogen) atoms. The van der Waals surface area contributed by atoms with E-state index in [4.69, 9.17) is 9.31 Å². The van der Waals surface area contributed by atoms with Crippen LogP contribution in [0, 0.1) is 5.82 Å². The fourth-order valence-electron chi connectivity index (χ4n) is 3.38. The Morgan fingerprint density at radius 1 is 1.04 bits per heavy atom. The average molecular weight is 320 g/mol. The number of hydrogen-bond acceptors (Lipinski definition) is 3. The van der Waals surface area contributed by atoms with Gasteiger partial charge in [0, 0.05) is 5.46 Å². The maximum atomic E-state index is 14.4. The topological polar surface area (TPSA) is 38.7 Å². The number of halogens is 1. The summed E-state index contributed by atoms with van der Waals surface area (Å²) in [5.41, 5.74) is 0.639. The van der Waals surface area contributed by atoms with Gasteiger partial charge in [0.05, 0.1) is 17.3 Å². The summed E-state index contributed by atoms with van der Waals surface area (Å²) in [7, 11) is -0.672. The first-order valence-electron chi connectivity index (χ1n) is 8.53. The smallest absolute Gasteiger partial charge is 0.399 e. The van der Waals surface area contributed by atoms with Crippen LogP contribution in [0.4, 0.5) is 4.39 Å². The number of aliphatic hydroxyl groups is 1. The molecule has 1 aromatic rings. The van der Waals surface area contributed by atoms with Crippen LogP contribution >= 0.6 is 0 Å². The van der Waals surface area contributed by atoms with Crippen molar-refractivity contribution in [1.29, 1.82) is 0 Å². The van der Waals surface area contributed by atoms with Gasteiger partial charge in [-0.1, -0.05) is 12.1 Å². The summed E-state index contributed by atoms with van der Waals surface area (Å²) >= 11 is 0. The van der Waals surface area contributed by atoms with Gasteiger partial charge >= 0.3 is 7.12 Å². The van der Waals surface area contributed by atoms with Gasteiger partial charge in [0.2, 0.25) is 0 Å². The van der Waals surface area contributed by atoms with Crippen molar-refractivity contribution in [2.75, 3.05) is 0 Å². The maximum Gasteiger partial charge on any atom is 0.497 e. The molecule has 126 valence electrons. The Kier molecular flexibility index (Phi) is 4.32. The van der Waals surface area contributed by atoms with E-state index in [9.17, 15) is 9.50 Å². The molecule has 3 rings (SSSR count). The van der Waals surface area contributed by atoms with E-state index < -0.39 is 18.3 Å².